The van der Waals surface area contributed by atoms with Gasteiger partial charge in [0.15, 0.2) is 0 Å². The van der Waals surface area contributed by atoms with E-state index in [4.69, 9.17) is 0 Å². The number of hydrogen-bond acceptors (Lipinski definition) is 4. The van der Waals surface area contributed by atoms with Crippen molar-refractivity contribution in [1.29, 1.82) is 0 Å². The lowest BCUT2D eigenvalue weighted by atomic mass is 10.0. The Kier molecular flexibility index (Phi) is 2.62. The molecule has 2 rings (SSSR count). The van der Waals surface area contributed by atoms with Gasteiger partial charge >= 0.3 is 0 Å². The van der Waals surface area contributed by atoms with E-state index < -0.39 is 0 Å². The third-order valence-corrected chi connectivity index (χ3v) is 3.26. The van der Waals surface area contributed by atoms with Crippen molar-refractivity contribution in [2.75, 3.05) is 13.1 Å². The summed E-state index contributed by atoms with van der Waals surface area (Å²) in [5, 5.41) is 15.9. The van der Waals surface area contributed by atoms with Gasteiger partial charge in [0.1, 0.15) is 0 Å². The summed E-state index contributed by atoms with van der Waals surface area (Å²) in [5.74, 6) is 0.349. The first-order chi connectivity index (χ1) is 6.25. The van der Waals surface area contributed by atoms with Crippen molar-refractivity contribution < 1.29 is 5.11 Å². The molecule has 2 N–H and O–H groups in total. The molecule has 2 atom stereocenters. The molecule has 13 heavy (non-hydrogen) atoms. The van der Waals surface area contributed by atoms with Gasteiger partial charge in [-0.05, 0) is 13.3 Å². The molecule has 0 bridgehead atoms. The second-order valence-corrected chi connectivity index (χ2v) is 4.61. The highest BCUT2D eigenvalue weighted by Gasteiger charge is 2.25. The van der Waals surface area contributed by atoms with E-state index in [1.807, 2.05) is 6.92 Å². The van der Waals surface area contributed by atoms with Gasteiger partial charge in [0.2, 0.25) is 0 Å². The van der Waals surface area contributed by atoms with Crippen LogP contribution in [0.25, 0.3) is 0 Å². The lowest BCUT2D eigenvalue weighted by Crippen LogP contribution is -2.20. The van der Waals surface area contributed by atoms with Gasteiger partial charge in [-0.15, -0.1) is 11.3 Å². The maximum Gasteiger partial charge on any atom is 0.0897 e. The number of rotatable bonds is 2. The summed E-state index contributed by atoms with van der Waals surface area (Å²) in [5.41, 5.74) is 1.12. The summed E-state index contributed by atoms with van der Waals surface area (Å²) in [4.78, 5) is 4.39. The zero-order valence-electron chi connectivity index (χ0n) is 7.66. The molecular formula is C9H14N2OS. The number of aryl methyl sites for hydroxylation is 1. The van der Waals surface area contributed by atoms with Crippen molar-refractivity contribution in [2.24, 2.45) is 5.92 Å². The van der Waals surface area contributed by atoms with Crippen LogP contribution in [0.5, 0.6) is 0 Å². The van der Waals surface area contributed by atoms with E-state index in [-0.39, 0.29) is 6.10 Å². The lowest BCUT2D eigenvalue weighted by Gasteiger charge is -2.10. The first kappa shape index (κ1) is 9.12. The molecule has 1 fully saturated rings. The van der Waals surface area contributed by atoms with Gasteiger partial charge in [-0.3, -0.25) is 0 Å². The van der Waals surface area contributed by atoms with E-state index in [9.17, 15) is 5.11 Å². The summed E-state index contributed by atoms with van der Waals surface area (Å²) in [6.07, 6.45) is 0.709. The fourth-order valence-electron chi connectivity index (χ4n) is 1.70. The highest BCUT2D eigenvalue weighted by Crippen LogP contribution is 2.17. The highest BCUT2D eigenvalue weighted by molar-refractivity contribution is 7.09. The molecule has 1 aromatic heterocycles. The van der Waals surface area contributed by atoms with Gasteiger partial charge in [-0.25, -0.2) is 4.98 Å². The van der Waals surface area contributed by atoms with Crippen LogP contribution in [-0.4, -0.2) is 29.3 Å². The first-order valence-corrected chi connectivity index (χ1v) is 5.43. The van der Waals surface area contributed by atoms with Gasteiger partial charge < -0.3 is 10.4 Å². The largest absolute Gasteiger partial charge is 0.391 e. The Labute approximate surface area is 81.8 Å². The summed E-state index contributed by atoms with van der Waals surface area (Å²) in [6.45, 7) is 3.66. The van der Waals surface area contributed by atoms with Gasteiger partial charge in [-0.2, -0.15) is 0 Å². The molecule has 0 spiro atoms. The zero-order valence-corrected chi connectivity index (χ0v) is 8.47. The van der Waals surface area contributed by atoms with Crippen LogP contribution in [0.1, 0.15) is 10.7 Å². The first-order valence-electron chi connectivity index (χ1n) is 4.55. The molecule has 1 saturated heterocycles. The van der Waals surface area contributed by atoms with Crippen LogP contribution in [0.3, 0.4) is 0 Å². The monoisotopic (exact) mass is 198 g/mol. The van der Waals surface area contributed by atoms with Crippen molar-refractivity contribution in [3.8, 4) is 0 Å². The van der Waals surface area contributed by atoms with Crippen LogP contribution in [0.15, 0.2) is 5.38 Å². The number of aliphatic hydroxyl groups is 1. The van der Waals surface area contributed by atoms with E-state index in [0.29, 0.717) is 5.92 Å². The van der Waals surface area contributed by atoms with Crippen molar-refractivity contribution in [2.45, 2.75) is 19.4 Å². The van der Waals surface area contributed by atoms with Gasteiger partial charge in [0.25, 0.3) is 0 Å². The number of nitrogens with one attached hydrogen (secondary N) is 1. The Morgan fingerprint density at radius 3 is 3.08 bits per heavy atom. The Balaban J connectivity index is 1.97. The van der Waals surface area contributed by atoms with E-state index in [0.717, 1.165) is 30.2 Å². The molecule has 2 heterocycles. The standard InChI is InChI=1S/C9H14N2OS/c1-6-11-8(5-13-6)2-7-3-10-4-9(7)12/h5,7,9-10,12H,2-4H2,1H3/t7-,9-/m1/s1. The van der Waals surface area contributed by atoms with Crippen LogP contribution in [0, 0.1) is 12.8 Å². The van der Waals surface area contributed by atoms with E-state index in [1.54, 1.807) is 11.3 Å². The molecular weight excluding hydrogens is 184 g/mol. The molecule has 4 heteroatoms. The second-order valence-electron chi connectivity index (χ2n) is 3.55. The topological polar surface area (TPSA) is 45.2 Å². The van der Waals surface area contributed by atoms with Gasteiger partial charge in [0.05, 0.1) is 16.8 Å². The minimum atomic E-state index is -0.193. The van der Waals surface area contributed by atoms with Crippen LogP contribution < -0.4 is 5.32 Å². The zero-order chi connectivity index (χ0) is 9.26. The summed E-state index contributed by atoms with van der Waals surface area (Å²) >= 11 is 1.68. The summed E-state index contributed by atoms with van der Waals surface area (Å²) in [7, 11) is 0. The highest BCUT2D eigenvalue weighted by atomic mass is 32.1. The Morgan fingerprint density at radius 2 is 2.54 bits per heavy atom. The molecule has 72 valence electrons. The average Bonchev–Trinajstić information content (AvgIpc) is 2.64. The predicted molar refractivity (Wildman–Crippen MR) is 52.9 cm³/mol. The number of hydrogen-bond donors (Lipinski definition) is 2. The number of nitrogens with zero attached hydrogens (tertiary/aromatic N) is 1. The van der Waals surface area contributed by atoms with Crippen LogP contribution >= 0.6 is 11.3 Å². The fraction of sp³-hybridized carbons (Fsp3) is 0.667. The third kappa shape index (κ3) is 2.07. The van der Waals surface area contributed by atoms with Crippen LogP contribution in [-0.2, 0) is 6.42 Å². The van der Waals surface area contributed by atoms with Gasteiger partial charge in [0, 0.05) is 24.4 Å². The van der Waals surface area contributed by atoms with E-state index in [1.165, 1.54) is 0 Å². The van der Waals surface area contributed by atoms with Crippen molar-refractivity contribution in [3.05, 3.63) is 16.1 Å². The molecule has 0 aromatic carbocycles. The Bertz CT molecular complexity index is 287. The number of aliphatic hydroxyl groups excluding tert-OH is 1. The minimum absolute atomic E-state index is 0.193. The predicted octanol–water partition coefficient (Wildman–Crippen LogP) is 0.574. The molecule has 1 aliphatic heterocycles. The van der Waals surface area contributed by atoms with Gasteiger partial charge in [-0.1, -0.05) is 0 Å². The van der Waals surface area contributed by atoms with Crippen molar-refractivity contribution in [1.82, 2.24) is 10.3 Å². The average molecular weight is 198 g/mol. The SMILES string of the molecule is Cc1nc(C[C@@H]2CNC[C@H]2O)cs1. The molecule has 0 amide bonds. The Morgan fingerprint density at radius 1 is 1.69 bits per heavy atom. The smallest absolute Gasteiger partial charge is 0.0897 e. The number of thiazole rings is 1. The summed E-state index contributed by atoms with van der Waals surface area (Å²) < 4.78 is 0. The molecule has 0 unspecified atom stereocenters. The molecule has 0 radical (unpaired) electrons. The van der Waals surface area contributed by atoms with Crippen molar-refractivity contribution >= 4 is 11.3 Å². The third-order valence-electron chi connectivity index (χ3n) is 2.44. The number of aromatic nitrogens is 1. The fourth-order valence-corrected chi connectivity index (χ4v) is 2.32. The molecule has 1 aromatic rings. The van der Waals surface area contributed by atoms with Crippen molar-refractivity contribution in [3.63, 3.8) is 0 Å². The van der Waals surface area contributed by atoms with Crippen LogP contribution in [0.2, 0.25) is 0 Å². The van der Waals surface area contributed by atoms with E-state index >= 15 is 0 Å². The lowest BCUT2D eigenvalue weighted by molar-refractivity contribution is 0.147. The molecule has 0 saturated carbocycles. The normalized spacial score (nSPS) is 28.2. The Hall–Kier alpha value is -0.450. The molecule has 0 aliphatic carbocycles. The molecule has 3 nitrogen and oxygen atoms in total. The van der Waals surface area contributed by atoms with E-state index in [2.05, 4.69) is 15.7 Å². The summed E-state index contributed by atoms with van der Waals surface area (Å²) in [6, 6.07) is 0. The maximum atomic E-state index is 9.57. The maximum absolute atomic E-state index is 9.57. The number of β-amino-alcohol motifs (C(OH)–C–C–N with tert-alkyl or cyclic N) is 1. The molecule has 1 aliphatic rings. The minimum Gasteiger partial charge on any atom is -0.391 e. The van der Waals surface area contributed by atoms with Crippen LogP contribution in [0.4, 0.5) is 0 Å². The quantitative estimate of drug-likeness (QED) is 0.730. The second kappa shape index (κ2) is 3.74.